The van der Waals surface area contributed by atoms with Crippen molar-refractivity contribution in [1.82, 2.24) is 20.2 Å². The van der Waals surface area contributed by atoms with Gasteiger partial charge in [-0.05, 0) is 60.9 Å². The molecule has 35 heavy (non-hydrogen) atoms. The molecule has 2 aliphatic rings. The molecular formula is C27H27ClFN5O. The number of nitrogens with one attached hydrogen (secondary N) is 1. The van der Waals surface area contributed by atoms with Crippen LogP contribution < -0.4 is 10.2 Å². The number of fused-ring (bicyclic) bond motifs is 1. The highest BCUT2D eigenvalue weighted by molar-refractivity contribution is 6.30. The van der Waals surface area contributed by atoms with Crippen molar-refractivity contribution in [3.05, 3.63) is 88.1 Å². The lowest BCUT2D eigenvalue weighted by Crippen LogP contribution is -2.57. The van der Waals surface area contributed by atoms with Crippen LogP contribution in [0.3, 0.4) is 0 Å². The second-order valence-corrected chi connectivity index (χ2v) is 9.56. The van der Waals surface area contributed by atoms with Crippen molar-refractivity contribution in [2.45, 2.75) is 32.4 Å². The molecule has 2 atom stereocenters. The van der Waals surface area contributed by atoms with E-state index in [1.54, 1.807) is 18.5 Å². The number of anilines is 1. The summed E-state index contributed by atoms with van der Waals surface area (Å²) >= 11 is 6.05. The highest BCUT2D eigenvalue weighted by Crippen LogP contribution is 2.35. The number of carbonyl (C=O) groups is 1. The number of hydrogen-bond donors (Lipinski definition) is 1. The molecule has 0 spiro atoms. The minimum atomic E-state index is -0.289. The van der Waals surface area contributed by atoms with Crippen LogP contribution in [0, 0.1) is 5.82 Å². The summed E-state index contributed by atoms with van der Waals surface area (Å²) in [4.78, 5) is 26.2. The molecule has 0 saturated carbocycles. The SMILES string of the molecule is C[C@@H]1CN(c2ncnc3c2C=C(c2ccc(Cl)cc2)C3)CCN1C(=O)N[C@H](C)c1ccc(F)cc1. The highest BCUT2D eigenvalue weighted by Gasteiger charge is 2.31. The third-order valence-electron chi connectivity index (χ3n) is 6.73. The van der Waals surface area contributed by atoms with Crippen molar-refractivity contribution in [1.29, 1.82) is 0 Å². The number of nitrogens with zero attached hydrogens (tertiary/aromatic N) is 4. The molecule has 180 valence electrons. The van der Waals surface area contributed by atoms with E-state index in [4.69, 9.17) is 11.6 Å². The van der Waals surface area contributed by atoms with Gasteiger partial charge in [0.25, 0.3) is 0 Å². The van der Waals surface area contributed by atoms with Crippen molar-refractivity contribution < 1.29 is 9.18 Å². The van der Waals surface area contributed by atoms with Gasteiger partial charge < -0.3 is 15.1 Å². The molecule has 0 bridgehead atoms. The fraction of sp³-hybridized carbons (Fsp3) is 0.296. The summed E-state index contributed by atoms with van der Waals surface area (Å²) in [5.41, 5.74) is 5.25. The van der Waals surface area contributed by atoms with Crippen LogP contribution in [0.4, 0.5) is 15.0 Å². The number of hydrogen-bond acceptors (Lipinski definition) is 4. The van der Waals surface area contributed by atoms with Gasteiger partial charge in [0.15, 0.2) is 0 Å². The summed E-state index contributed by atoms with van der Waals surface area (Å²) in [5.74, 6) is 0.619. The molecule has 3 aromatic rings. The average molecular weight is 492 g/mol. The topological polar surface area (TPSA) is 61.4 Å². The Morgan fingerprint density at radius 1 is 1.11 bits per heavy atom. The van der Waals surface area contributed by atoms with Gasteiger partial charge in [0, 0.05) is 42.7 Å². The third kappa shape index (κ3) is 4.86. The van der Waals surface area contributed by atoms with E-state index in [2.05, 4.69) is 26.3 Å². The van der Waals surface area contributed by atoms with E-state index in [0.717, 1.165) is 34.6 Å². The van der Waals surface area contributed by atoms with Crippen LogP contribution in [-0.2, 0) is 6.42 Å². The fourth-order valence-electron chi connectivity index (χ4n) is 4.77. The maximum absolute atomic E-state index is 13.2. The Hall–Kier alpha value is -3.45. The van der Waals surface area contributed by atoms with E-state index in [1.807, 2.05) is 43.0 Å². The molecule has 1 fully saturated rings. The first-order valence-corrected chi connectivity index (χ1v) is 12.1. The van der Waals surface area contributed by atoms with Gasteiger partial charge in [-0.3, -0.25) is 0 Å². The number of allylic oxidation sites excluding steroid dienone is 1. The summed E-state index contributed by atoms with van der Waals surface area (Å²) < 4.78 is 13.2. The zero-order valence-corrected chi connectivity index (χ0v) is 20.5. The fourth-order valence-corrected chi connectivity index (χ4v) is 4.90. The molecule has 1 N–H and O–H groups in total. The summed E-state index contributed by atoms with van der Waals surface area (Å²) in [6.45, 7) is 5.88. The molecule has 1 saturated heterocycles. The molecule has 2 amide bonds. The molecule has 0 radical (unpaired) electrons. The number of carbonyl (C=O) groups excluding carboxylic acids is 1. The van der Waals surface area contributed by atoms with Gasteiger partial charge in [-0.2, -0.15) is 0 Å². The Kier molecular flexibility index (Phi) is 6.43. The number of benzene rings is 2. The predicted molar refractivity (Wildman–Crippen MR) is 137 cm³/mol. The summed E-state index contributed by atoms with van der Waals surface area (Å²) in [7, 11) is 0. The monoisotopic (exact) mass is 491 g/mol. The summed E-state index contributed by atoms with van der Waals surface area (Å²) in [6, 6.07) is 13.7. The van der Waals surface area contributed by atoms with E-state index >= 15 is 0 Å². The first-order chi connectivity index (χ1) is 16.9. The minimum Gasteiger partial charge on any atom is -0.352 e. The third-order valence-corrected chi connectivity index (χ3v) is 6.99. The van der Waals surface area contributed by atoms with Crippen molar-refractivity contribution >= 4 is 35.1 Å². The molecule has 5 rings (SSSR count). The van der Waals surface area contributed by atoms with Gasteiger partial charge in [-0.25, -0.2) is 19.2 Å². The van der Waals surface area contributed by atoms with Crippen molar-refractivity contribution in [3.63, 3.8) is 0 Å². The second-order valence-electron chi connectivity index (χ2n) is 9.12. The number of piperazine rings is 1. The minimum absolute atomic E-state index is 0.00380. The normalized spacial score (nSPS) is 18.2. The molecule has 2 heterocycles. The maximum atomic E-state index is 13.2. The second kappa shape index (κ2) is 9.66. The maximum Gasteiger partial charge on any atom is 0.318 e. The van der Waals surface area contributed by atoms with Crippen LogP contribution >= 0.6 is 11.6 Å². The number of urea groups is 1. The van der Waals surface area contributed by atoms with E-state index in [1.165, 1.54) is 17.7 Å². The van der Waals surface area contributed by atoms with Gasteiger partial charge >= 0.3 is 6.03 Å². The van der Waals surface area contributed by atoms with Crippen LogP contribution in [-0.4, -0.2) is 46.6 Å². The zero-order chi connectivity index (χ0) is 24.5. The number of amides is 2. The smallest absolute Gasteiger partial charge is 0.318 e. The molecule has 1 aromatic heterocycles. The first-order valence-electron chi connectivity index (χ1n) is 11.8. The molecule has 2 aromatic carbocycles. The summed E-state index contributed by atoms with van der Waals surface area (Å²) in [5, 5.41) is 3.76. The molecule has 6 nitrogen and oxygen atoms in total. The molecule has 0 unspecified atom stereocenters. The van der Waals surface area contributed by atoms with Gasteiger partial charge in [0.1, 0.15) is 18.0 Å². The molecule has 1 aliphatic heterocycles. The molecular weight excluding hydrogens is 465 g/mol. The lowest BCUT2D eigenvalue weighted by molar-refractivity contribution is 0.168. The van der Waals surface area contributed by atoms with E-state index in [9.17, 15) is 9.18 Å². The Balaban J connectivity index is 1.27. The molecule has 8 heteroatoms. The quantitative estimate of drug-likeness (QED) is 0.534. The van der Waals surface area contributed by atoms with Crippen LogP contribution in [0.2, 0.25) is 5.02 Å². The van der Waals surface area contributed by atoms with Gasteiger partial charge in [0.2, 0.25) is 0 Å². The predicted octanol–water partition coefficient (Wildman–Crippen LogP) is 5.35. The number of rotatable bonds is 4. The Morgan fingerprint density at radius 3 is 2.57 bits per heavy atom. The Bertz CT molecular complexity index is 1260. The highest BCUT2D eigenvalue weighted by atomic mass is 35.5. The van der Waals surface area contributed by atoms with E-state index < -0.39 is 0 Å². The standard InChI is InChI=1S/C27H27ClFN5O/c1-17-15-33(11-12-34(17)27(35)32-18(2)19-5-9-23(29)10-6-19)26-24-13-21(14-25(24)30-16-31-26)20-3-7-22(28)8-4-20/h3-10,13,16-18H,11-12,14-15H2,1-2H3,(H,32,35)/t17-,18-/m1/s1. The van der Waals surface area contributed by atoms with Crippen molar-refractivity contribution in [3.8, 4) is 0 Å². The Morgan fingerprint density at radius 2 is 1.86 bits per heavy atom. The summed E-state index contributed by atoms with van der Waals surface area (Å²) in [6.07, 6.45) is 4.55. The van der Waals surface area contributed by atoms with Crippen LogP contribution in [0.25, 0.3) is 11.6 Å². The van der Waals surface area contributed by atoms with Crippen molar-refractivity contribution in [2.75, 3.05) is 24.5 Å². The van der Waals surface area contributed by atoms with Gasteiger partial charge in [-0.15, -0.1) is 0 Å². The van der Waals surface area contributed by atoms with E-state index in [-0.39, 0.29) is 23.9 Å². The van der Waals surface area contributed by atoms with Crippen molar-refractivity contribution in [2.24, 2.45) is 0 Å². The van der Waals surface area contributed by atoms with Crippen LogP contribution in [0.5, 0.6) is 0 Å². The zero-order valence-electron chi connectivity index (χ0n) is 19.7. The van der Waals surface area contributed by atoms with Gasteiger partial charge in [-0.1, -0.05) is 35.9 Å². The molecule has 1 aliphatic carbocycles. The number of aromatic nitrogens is 2. The average Bonchev–Trinajstić information content (AvgIpc) is 3.29. The Labute approximate surface area is 209 Å². The number of halogens is 2. The van der Waals surface area contributed by atoms with Crippen LogP contribution in [0.1, 0.15) is 42.3 Å². The lowest BCUT2D eigenvalue weighted by atomic mass is 10.1. The van der Waals surface area contributed by atoms with E-state index in [0.29, 0.717) is 24.7 Å². The first kappa shape index (κ1) is 23.3. The van der Waals surface area contributed by atoms with Gasteiger partial charge in [0.05, 0.1) is 11.7 Å². The lowest BCUT2D eigenvalue weighted by Gasteiger charge is -2.41. The van der Waals surface area contributed by atoms with Crippen LogP contribution in [0.15, 0.2) is 54.9 Å². The largest absolute Gasteiger partial charge is 0.352 e.